The lowest BCUT2D eigenvalue weighted by Crippen LogP contribution is -2.04. The van der Waals surface area contributed by atoms with Crippen LogP contribution in [0.15, 0.2) is 18.2 Å². The van der Waals surface area contributed by atoms with Crippen molar-refractivity contribution >= 4 is 40.4 Å². The third kappa shape index (κ3) is 2.66. The van der Waals surface area contributed by atoms with E-state index in [-0.39, 0.29) is 5.28 Å². The van der Waals surface area contributed by atoms with E-state index in [0.717, 1.165) is 11.3 Å². The lowest BCUT2D eigenvalue weighted by molar-refractivity contribution is 1.11. The van der Waals surface area contributed by atoms with Gasteiger partial charge in [0, 0.05) is 0 Å². The number of hydrogen-bond acceptors (Lipinski definition) is 4. The van der Waals surface area contributed by atoms with Gasteiger partial charge >= 0.3 is 0 Å². The van der Waals surface area contributed by atoms with Crippen LogP contribution in [0.25, 0.3) is 0 Å². The zero-order chi connectivity index (χ0) is 13.3. The topological polar surface area (TPSA) is 63.8 Å². The Hall–Kier alpha value is -1.52. The Morgan fingerprint density at radius 1 is 1.17 bits per heavy atom. The number of nitrogens with two attached hydrogens (primary N) is 1. The first-order chi connectivity index (χ1) is 8.47. The van der Waals surface area contributed by atoms with Crippen molar-refractivity contribution in [3.05, 3.63) is 39.8 Å². The molecular weight excluding hydrogens is 271 g/mol. The quantitative estimate of drug-likeness (QED) is 0.824. The highest BCUT2D eigenvalue weighted by atomic mass is 35.5. The molecule has 94 valence electrons. The summed E-state index contributed by atoms with van der Waals surface area (Å²) in [6, 6.07) is 5.65. The minimum atomic E-state index is 0.146. The Balaban J connectivity index is 2.43. The van der Waals surface area contributed by atoms with Crippen LogP contribution in [0.3, 0.4) is 0 Å². The molecular formula is C12H12Cl2N4. The number of nitrogens with one attached hydrogen (secondary N) is 1. The van der Waals surface area contributed by atoms with Crippen LogP contribution in [0.1, 0.15) is 11.3 Å². The maximum Gasteiger partial charge on any atom is 0.224 e. The number of nitrogen functional groups attached to an aromatic ring is 1. The van der Waals surface area contributed by atoms with Crippen LogP contribution >= 0.6 is 23.2 Å². The highest BCUT2D eigenvalue weighted by Crippen LogP contribution is 2.29. The molecule has 0 radical (unpaired) electrons. The van der Waals surface area contributed by atoms with Gasteiger partial charge in [0.1, 0.15) is 0 Å². The summed E-state index contributed by atoms with van der Waals surface area (Å²) < 4.78 is 0. The Morgan fingerprint density at radius 3 is 2.61 bits per heavy atom. The van der Waals surface area contributed by atoms with Gasteiger partial charge in [0.05, 0.1) is 22.1 Å². The molecule has 0 saturated carbocycles. The van der Waals surface area contributed by atoms with Crippen molar-refractivity contribution in [2.45, 2.75) is 13.8 Å². The molecule has 1 heterocycles. The summed E-state index contributed by atoms with van der Waals surface area (Å²) in [6.07, 6.45) is 0. The number of rotatable bonds is 2. The first-order valence-electron chi connectivity index (χ1n) is 5.30. The Kier molecular flexibility index (Phi) is 3.59. The SMILES string of the molecule is Cc1ccc(Cl)c(Nc2nc(Cl)nc(C)c2N)c1. The third-order valence-electron chi connectivity index (χ3n) is 2.48. The van der Waals surface area contributed by atoms with E-state index in [1.54, 1.807) is 6.92 Å². The molecule has 3 N–H and O–H groups in total. The van der Waals surface area contributed by atoms with Gasteiger partial charge in [0.2, 0.25) is 5.28 Å². The first kappa shape index (κ1) is 12.9. The van der Waals surface area contributed by atoms with E-state index in [9.17, 15) is 0 Å². The van der Waals surface area contributed by atoms with Crippen molar-refractivity contribution in [2.24, 2.45) is 0 Å². The molecule has 1 aromatic carbocycles. The average Bonchev–Trinajstić information content (AvgIpc) is 2.30. The van der Waals surface area contributed by atoms with Gasteiger partial charge in [0.25, 0.3) is 0 Å². The fourth-order valence-corrected chi connectivity index (χ4v) is 1.88. The minimum Gasteiger partial charge on any atom is -0.394 e. The Bertz CT molecular complexity index is 599. The van der Waals surface area contributed by atoms with Crippen molar-refractivity contribution < 1.29 is 0 Å². The van der Waals surface area contributed by atoms with Gasteiger partial charge in [-0.2, -0.15) is 4.98 Å². The molecule has 2 aromatic rings. The minimum absolute atomic E-state index is 0.146. The van der Waals surface area contributed by atoms with Crippen LogP contribution in [0.5, 0.6) is 0 Å². The molecule has 0 atom stereocenters. The summed E-state index contributed by atoms with van der Waals surface area (Å²) in [4.78, 5) is 8.03. The maximum atomic E-state index is 6.10. The van der Waals surface area contributed by atoms with Crippen molar-refractivity contribution in [2.75, 3.05) is 11.1 Å². The second-order valence-electron chi connectivity index (χ2n) is 3.95. The fourth-order valence-electron chi connectivity index (χ4n) is 1.51. The van der Waals surface area contributed by atoms with Gasteiger partial charge in [-0.15, -0.1) is 0 Å². The highest BCUT2D eigenvalue weighted by Gasteiger charge is 2.09. The number of benzene rings is 1. The molecule has 0 saturated heterocycles. The molecule has 0 aliphatic carbocycles. The van der Waals surface area contributed by atoms with Crippen LogP contribution in [-0.2, 0) is 0 Å². The van der Waals surface area contributed by atoms with Gasteiger partial charge in [-0.25, -0.2) is 4.98 Å². The molecule has 0 fully saturated rings. The van der Waals surface area contributed by atoms with Gasteiger partial charge in [-0.3, -0.25) is 0 Å². The van der Waals surface area contributed by atoms with Crippen molar-refractivity contribution in [1.82, 2.24) is 9.97 Å². The normalized spacial score (nSPS) is 10.4. The smallest absolute Gasteiger partial charge is 0.224 e. The van der Waals surface area contributed by atoms with E-state index in [2.05, 4.69) is 15.3 Å². The molecule has 18 heavy (non-hydrogen) atoms. The Morgan fingerprint density at radius 2 is 1.89 bits per heavy atom. The predicted octanol–water partition coefficient (Wildman–Crippen LogP) is 3.73. The first-order valence-corrected chi connectivity index (χ1v) is 6.06. The number of aromatic nitrogens is 2. The van der Waals surface area contributed by atoms with Gasteiger partial charge in [0.15, 0.2) is 5.82 Å². The van der Waals surface area contributed by atoms with Crippen LogP contribution in [0.2, 0.25) is 10.3 Å². The van der Waals surface area contributed by atoms with Crippen molar-refractivity contribution in [1.29, 1.82) is 0 Å². The summed E-state index contributed by atoms with van der Waals surface area (Å²) in [6.45, 7) is 3.75. The summed E-state index contributed by atoms with van der Waals surface area (Å²) >= 11 is 11.9. The van der Waals surface area contributed by atoms with Crippen LogP contribution in [0, 0.1) is 13.8 Å². The van der Waals surface area contributed by atoms with E-state index in [1.807, 2.05) is 25.1 Å². The molecule has 0 spiro atoms. The number of aryl methyl sites for hydroxylation is 2. The molecule has 1 aromatic heterocycles. The van der Waals surface area contributed by atoms with Crippen molar-refractivity contribution in [3.63, 3.8) is 0 Å². The predicted molar refractivity (Wildman–Crippen MR) is 75.7 cm³/mol. The number of anilines is 3. The van der Waals surface area contributed by atoms with Gasteiger partial charge in [-0.1, -0.05) is 17.7 Å². The molecule has 0 aliphatic rings. The lowest BCUT2D eigenvalue weighted by Gasteiger charge is -2.12. The summed E-state index contributed by atoms with van der Waals surface area (Å²) in [7, 11) is 0. The zero-order valence-electron chi connectivity index (χ0n) is 9.96. The molecule has 2 rings (SSSR count). The lowest BCUT2D eigenvalue weighted by atomic mass is 10.2. The third-order valence-corrected chi connectivity index (χ3v) is 2.98. The molecule has 0 amide bonds. The molecule has 0 aliphatic heterocycles. The molecule has 4 nitrogen and oxygen atoms in total. The van der Waals surface area contributed by atoms with Gasteiger partial charge in [-0.05, 0) is 43.1 Å². The largest absolute Gasteiger partial charge is 0.394 e. The Labute approximate surface area is 115 Å². The highest BCUT2D eigenvalue weighted by molar-refractivity contribution is 6.33. The molecule has 0 bridgehead atoms. The van der Waals surface area contributed by atoms with Crippen molar-refractivity contribution in [3.8, 4) is 0 Å². The maximum absolute atomic E-state index is 6.10. The molecule has 6 heteroatoms. The molecule has 0 unspecified atom stereocenters. The number of halogens is 2. The van der Waals surface area contributed by atoms with E-state index in [0.29, 0.717) is 22.2 Å². The average molecular weight is 283 g/mol. The summed E-state index contributed by atoms with van der Waals surface area (Å²) in [5.74, 6) is 0.458. The second-order valence-corrected chi connectivity index (χ2v) is 4.69. The monoisotopic (exact) mass is 282 g/mol. The van der Waals surface area contributed by atoms with E-state index < -0.39 is 0 Å². The van der Waals surface area contributed by atoms with Crippen LogP contribution < -0.4 is 11.1 Å². The van der Waals surface area contributed by atoms with E-state index >= 15 is 0 Å². The second kappa shape index (κ2) is 5.00. The van der Waals surface area contributed by atoms with Gasteiger partial charge < -0.3 is 11.1 Å². The number of nitrogens with zero attached hydrogens (tertiary/aromatic N) is 2. The zero-order valence-corrected chi connectivity index (χ0v) is 11.5. The van der Waals surface area contributed by atoms with Crippen LogP contribution in [-0.4, -0.2) is 9.97 Å². The van der Waals surface area contributed by atoms with E-state index in [4.69, 9.17) is 28.9 Å². The van der Waals surface area contributed by atoms with E-state index in [1.165, 1.54) is 0 Å². The summed E-state index contributed by atoms with van der Waals surface area (Å²) in [5, 5.41) is 3.81. The fraction of sp³-hybridized carbons (Fsp3) is 0.167. The summed E-state index contributed by atoms with van der Waals surface area (Å²) in [5.41, 5.74) is 8.79. The number of hydrogen-bond donors (Lipinski definition) is 2. The standard InChI is InChI=1S/C12H12Cl2N4/c1-6-3-4-8(13)9(5-6)17-11-10(15)7(2)16-12(14)18-11/h3-5H,15H2,1-2H3,(H,16,17,18). The van der Waals surface area contributed by atoms with Crippen LogP contribution in [0.4, 0.5) is 17.2 Å².